The molecule has 0 aromatic carbocycles. The predicted octanol–water partition coefficient (Wildman–Crippen LogP) is 1.70. The Morgan fingerprint density at radius 2 is 2.22 bits per heavy atom. The number of pyridine rings is 1. The van der Waals surface area contributed by atoms with Gasteiger partial charge in [0.15, 0.2) is 0 Å². The molecule has 92 valence electrons. The van der Waals surface area contributed by atoms with Crippen LogP contribution in [0.25, 0.3) is 0 Å². The lowest BCUT2D eigenvalue weighted by molar-refractivity contribution is -0.384. The molecule has 18 heavy (non-hydrogen) atoms. The summed E-state index contributed by atoms with van der Waals surface area (Å²) in [5.74, 6) is 0.241. The topological polar surface area (TPSA) is 93.8 Å². The van der Waals surface area contributed by atoms with Crippen molar-refractivity contribution in [3.05, 3.63) is 52.0 Å². The molecule has 0 radical (unpaired) electrons. The Hall–Kier alpha value is -2.57. The molecule has 0 bridgehead atoms. The van der Waals surface area contributed by atoms with Gasteiger partial charge < -0.3 is 5.32 Å². The lowest BCUT2D eigenvalue weighted by atomic mass is 10.3. The third-order valence-electron chi connectivity index (χ3n) is 2.27. The summed E-state index contributed by atoms with van der Waals surface area (Å²) in [6.45, 7) is 2.11. The Labute approximate surface area is 103 Å². The van der Waals surface area contributed by atoms with E-state index in [1.807, 2.05) is 0 Å². The number of nitrogens with zero attached hydrogens (tertiary/aromatic N) is 4. The quantitative estimate of drug-likeness (QED) is 0.650. The maximum Gasteiger partial charge on any atom is 0.311 e. The fraction of sp³-hybridized carbons (Fsp3) is 0.182. The molecule has 7 nitrogen and oxygen atoms in total. The first kappa shape index (κ1) is 11.9. The van der Waals surface area contributed by atoms with E-state index < -0.39 is 4.92 Å². The molecule has 0 saturated carbocycles. The van der Waals surface area contributed by atoms with Crippen LogP contribution in [0.4, 0.5) is 11.5 Å². The molecule has 0 saturated heterocycles. The molecule has 7 heteroatoms. The van der Waals surface area contributed by atoms with Crippen molar-refractivity contribution >= 4 is 11.5 Å². The first-order valence-electron chi connectivity index (χ1n) is 5.29. The molecular formula is C11H11N5O2. The lowest BCUT2D eigenvalue weighted by Gasteiger charge is -2.05. The van der Waals surface area contributed by atoms with Crippen molar-refractivity contribution in [2.45, 2.75) is 13.5 Å². The molecule has 0 aliphatic heterocycles. The summed E-state index contributed by atoms with van der Waals surface area (Å²) in [5, 5.41) is 21.3. The Morgan fingerprint density at radius 3 is 2.89 bits per heavy atom. The number of nitrogens with one attached hydrogen (secondary N) is 1. The van der Waals surface area contributed by atoms with Gasteiger partial charge in [0.05, 0.1) is 17.2 Å². The van der Waals surface area contributed by atoms with Crippen molar-refractivity contribution in [2.24, 2.45) is 0 Å². The van der Waals surface area contributed by atoms with Gasteiger partial charge in [-0.1, -0.05) is 0 Å². The van der Waals surface area contributed by atoms with Gasteiger partial charge >= 0.3 is 5.69 Å². The summed E-state index contributed by atoms with van der Waals surface area (Å²) in [6, 6.07) is 6.57. The highest BCUT2D eigenvalue weighted by Crippen LogP contribution is 2.22. The number of hydrogen-bond donors (Lipinski definition) is 1. The predicted molar refractivity (Wildman–Crippen MR) is 65.0 cm³/mol. The smallest absolute Gasteiger partial charge is 0.311 e. The van der Waals surface area contributed by atoms with E-state index in [0.29, 0.717) is 17.9 Å². The van der Waals surface area contributed by atoms with Crippen LogP contribution in [0.15, 0.2) is 30.5 Å². The summed E-state index contributed by atoms with van der Waals surface area (Å²) in [5.41, 5.74) is 1.35. The third-order valence-corrected chi connectivity index (χ3v) is 2.27. The van der Waals surface area contributed by atoms with Gasteiger partial charge in [-0.05, 0) is 25.1 Å². The monoisotopic (exact) mass is 245 g/mol. The number of aryl methyl sites for hydroxylation is 1. The van der Waals surface area contributed by atoms with Gasteiger partial charge in [0, 0.05) is 18.0 Å². The highest BCUT2D eigenvalue weighted by atomic mass is 16.6. The summed E-state index contributed by atoms with van der Waals surface area (Å²) >= 11 is 0. The minimum absolute atomic E-state index is 0.0514. The fourth-order valence-corrected chi connectivity index (χ4v) is 1.43. The van der Waals surface area contributed by atoms with Crippen LogP contribution >= 0.6 is 0 Å². The van der Waals surface area contributed by atoms with E-state index in [9.17, 15) is 10.1 Å². The maximum atomic E-state index is 10.8. The second kappa shape index (κ2) is 5.17. The number of rotatable bonds is 4. The molecule has 0 fully saturated rings. The van der Waals surface area contributed by atoms with E-state index in [4.69, 9.17) is 0 Å². The molecule has 2 rings (SSSR count). The first-order chi connectivity index (χ1) is 8.66. The van der Waals surface area contributed by atoms with Gasteiger partial charge in [-0.25, -0.2) is 4.98 Å². The Bertz CT molecular complexity index is 559. The molecule has 2 aromatic rings. The van der Waals surface area contributed by atoms with Crippen LogP contribution in [0.1, 0.15) is 11.4 Å². The first-order valence-corrected chi connectivity index (χ1v) is 5.29. The van der Waals surface area contributed by atoms with Crippen LogP contribution < -0.4 is 5.32 Å². The SMILES string of the molecule is Cc1ccc([N+](=O)[O-])c(NCc2cccnn2)n1. The van der Waals surface area contributed by atoms with E-state index >= 15 is 0 Å². The summed E-state index contributed by atoms with van der Waals surface area (Å²) in [6.07, 6.45) is 1.57. The minimum atomic E-state index is -0.467. The molecule has 0 amide bonds. The van der Waals surface area contributed by atoms with Gasteiger partial charge in [0.2, 0.25) is 5.82 Å². The van der Waals surface area contributed by atoms with Crippen LogP contribution in [-0.4, -0.2) is 20.1 Å². The molecule has 2 heterocycles. The summed E-state index contributed by atoms with van der Waals surface area (Å²) in [7, 11) is 0. The van der Waals surface area contributed by atoms with Gasteiger partial charge in [-0.3, -0.25) is 10.1 Å². The largest absolute Gasteiger partial charge is 0.359 e. The lowest BCUT2D eigenvalue weighted by Crippen LogP contribution is -2.06. The van der Waals surface area contributed by atoms with Gasteiger partial charge in [-0.15, -0.1) is 0 Å². The molecule has 0 aliphatic rings. The molecule has 0 unspecified atom stereocenters. The minimum Gasteiger partial charge on any atom is -0.359 e. The van der Waals surface area contributed by atoms with Crippen molar-refractivity contribution in [1.29, 1.82) is 0 Å². The van der Waals surface area contributed by atoms with Crippen molar-refractivity contribution < 1.29 is 4.92 Å². The van der Waals surface area contributed by atoms with E-state index in [-0.39, 0.29) is 11.5 Å². The Kier molecular flexibility index (Phi) is 3.42. The van der Waals surface area contributed by atoms with E-state index in [0.717, 1.165) is 0 Å². The van der Waals surface area contributed by atoms with E-state index in [2.05, 4.69) is 20.5 Å². The van der Waals surface area contributed by atoms with Gasteiger partial charge in [0.25, 0.3) is 0 Å². The van der Waals surface area contributed by atoms with Crippen molar-refractivity contribution in [2.75, 3.05) is 5.32 Å². The fourth-order valence-electron chi connectivity index (χ4n) is 1.43. The van der Waals surface area contributed by atoms with Crippen LogP contribution in [0, 0.1) is 17.0 Å². The van der Waals surface area contributed by atoms with E-state index in [1.54, 1.807) is 31.3 Å². The number of anilines is 1. The number of hydrogen-bond acceptors (Lipinski definition) is 6. The van der Waals surface area contributed by atoms with Gasteiger partial charge in [-0.2, -0.15) is 10.2 Å². The Morgan fingerprint density at radius 1 is 1.39 bits per heavy atom. The van der Waals surface area contributed by atoms with Crippen LogP contribution in [0.3, 0.4) is 0 Å². The van der Waals surface area contributed by atoms with E-state index in [1.165, 1.54) is 6.07 Å². The summed E-state index contributed by atoms with van der Waals surface area (Å²) < 4.78 is 0. The average molecular weight is 245 g/mol. The average Bonchev–Trinajstić information content (AvgIpc) is 2.37. The zero-order chi connectivity index (χ0) is 13.0. The van der Waals surface area contributed by atoms with Crippen molar-refractivity contribution in [1.82, 2.24) is 15.2 Å². The highest BCUT2D eigenvalue weighted by Gasteiger charge is 2.14. The van der Waals surface area contributed by atoms with Crippen molar-refractivity contribution in [3.8, 4) is 0 Å². The van der Waals surface area contributed by atoms with Crippen LogP contribution in [0.5, 0.6) is 0 Å². The van der Waals surface area contributed by atoms with Crippen LogP contribution in [-0.2, 0) is 6.54 Å². The van der Waals surface area contributed by atoms with Crippen LogP contribution in [0.2, 0.25) is 0 Å². The molecular weight excluding hydrogens is 234 g/mol. The number of aromatic nitrogens is 3. The normalized spacial score (nSPS) is 10.1. The third kappa shape index (κ3) is 2.76. The zero-order valence-corrected chi connectivity index (χ0v) is 9.70. The summed E-state index contributed by atoms with van der Waals surface area (Å²) in [4.78, 5) is 14.5. The molecule has 0 aliphatic carbocycles. The Balaban J connectivity index is 2.18. The van der Waals surface area contributed by atoms with Crippen molar-refractivity contribution in [3.63, 3.8) is 0 Å². The molecule has 0 spiro atoms. The molecule has 2 aromatic heterocycles. The highest BCUT2D eigenvalue weighted by molar-refractivity contribution is 5.56. The second-order valence-electron chi connectivity index (χ2n) is 3.65. The number of nitro groups is 1. The zero-order valence-electron chi connectivity index (χ0n) is 9.70. The standard InChI is InChI=1S/C11H11N5O2/c1-8-4-5-10(16(17)18)11(14-8)12-7-9-3-2-6-13-15-9/h2-6H,7H2,1H3,(H,12,14). The van der Waals surface area contributed by atoms with Gasteiger partial charge in [0.1, 0.15) is 0 Å². The molecule has 0 atom stereocenters. The maximum absolute atomic E-state index is 10.8. The second-order valence-corrected chi connectivity index (χ2v) is 3.65. The molecule has 1 N–H and O–H groups in total.